The molecule has 0 heterocycles. The Labute approximate surface area is 113 Å². The lowest BCUT2D eigenvalue weighted by molar-refractivity contribution is 0.0613. The van der Waals surface area contributed by atoms with Crippen LogP contribution in [0.4, 0.5) is 5.69 Å². The molecule has 1 rings (SSSR count). The van der Waals surface area contributed by atoms with Crippen LogP contribution in [0.2, 0.25) is 0 Å². The summed E-state index contributed by atoms with van der Waals surface area (Å²) in [5.74, 6) is 0.296. The first-order valence-electron chi connectivity index (χ1n) is 5.87. The number of ether oxygens (including phenoxy) is 1. The van der Waals surface area contributed by atoms with Crippen LogP contribution in [0, 0.1) is 0 Å². The van der Waals surface area contributed by atoms with Gasteiger partial charge in [-0.05, 0) is 25.5 Å². The van der Waals surface area contributed by atoms with Gasteiger partial charge in [-0.1, -0.05) is 6.92 Å². The van der Waals surface area contributed by atoms with Crippen LogP contribution in [0.15, 0.2) is 23.1 Å². The van der Waals surface area contributed by atoms with E-state index in [0.717, 1.165) is 0 Å². The molecular weight excluding hydrogens is 268 g/mol. The van der Waals surface area contributed by atoms with Crippen LogP contribution in [0.1, 0.15) is 20.3 Å². The van der Waals surface area contributed by atoms with E-state index in [2.05, 4.69) is 4.72 Å². The van der Waals surface area contributed by atoms with E-state index in [9.17, 15) is 13.5 Å². The molecule has 0 spiro atoms. The van der Waals surface area contributed by atoms with E-state index in [4.69, 9.17) is 10.5 Å². The number of hydrogen-bond donors (Lipinski definition) is 3. The van der Waals surface area contributed by atoms with Crippen molar-refractivity contribution in [3.05, 3.63) is 18.2 Å². The Balaban J connectivity index is 2.95. The average molecular weight is 288 g/mol. The molecular formula is C12H20N2O4S. The van der Waals surface area contributed by atoms with Gasteiger partial charge in [0.25, 0.3) is 0 Å². The first-order chi connectivity index (χ1) is 8.72. The van der Waals surface area contributed by atoms with Gasteiger partial charge in [-0.2, -0.15) is 0 Å². The second-order valence-electron chi connectivity index (χ2n) is 4.58. The molecule has 1 aromatic rings. The first-order valence-corrected chi connectivity index (χ1v) is 7.36. The van der Waals surface area contributed by atoms with Gasteiger partial charge in [0.2, 0.25) is 10.0 Å². The van der Waals surface area contributed by atoms with Crippen molar-refractivity contribution in [3.8, 4) is 5.75 Å². The number of rotatable bonds is 6. The van der Waals surface area contributed by atoms with Crippen molar-refractivity contribution in [2.75, 3.05) is 19.4 Å². The second kappa shape index (κ2) is 5.77. The van der Waals surface area contributed by atoms with E-state index in [1.807, 2.05) is 0 Å². The van der Waals surface area contributed by atoms with Gasteiger partial charge in [0.05, 0.1) is 23.3 Å². The lowest BCUT2D eigenvalue weighted by Crippen LogP contribution is -2.40. The largest absolute Gasteiger partial charge is 0.495 e. The normalized spacial score (nSPS) is 14.9. The monoisotopic (exact) mass is 288 g/mol. The minimum Gasteiger partial charge on any atom is -0.495 e. The molecule has 0 saturated carbocycles. The van der Waals surface area contributed by atoms with Crippen LogP contribution in [0.25, 0.3) is 0 Å². The summed E-state index contributed by atoms with van der Waals surface area (Å²) < 4.78 is 31.5. The Kier molecular flexibility index (Phi) is 4.78. The van der Waals surface area contributed by atoms with Crippen molar-refractivity contribution >= 4 is 15.7 Å². The molecule has 6 nitrogen and oxygen atoms in total. The number of nitrogens with one attached hydrogen (secondary N) is 1. The molecule has 0 aliphatic carbocycles. The third kappa shape index (κ3) is 4.09. The topological polar surface area (TPSA) is 102 Å². The summed E-state index contributed by atoms with van der Waals surface area (Å²) in [5.41, 5.74) is 4.91. The standard InChI is InChI=1S/C12H20N2O4S/c1-4-12(2,15)8-14-19(16,17)9-5-6-10(13)11(7-9)18-3/h5-7,14-15H,4,8,13H2,1-3H3. The van der Waals surface area contributed by atoms with Crippen LogP contribution in [0.3, 0.4) is 0 Å². The molecule has 0 saturated heterocycles. The summed E-state index contributed by atoms with van der Waals surface area (Å²) in [6.07, 6.45) is 0.445. The maximum atomic E-state index is 12.1. The van der Waals surface area contributed by atoms with E-state index in [1.165, 1.54) is 25.3 Å². The van der Waals surface area contributed by atoms with Crippen molar-refractivity contribution in [2.45, 2.75) is 30.8 Å². The number of nitrogens with two attached hydrogens (primary N) is 1. The lowest BCUT2D eigenvalue weighted by Gasteiger charge is -2.21. The van der Waals surface area contributed by atoms with E-state index < -0.39 is 15.6 Å². The number of nitrogen functional groups attached to an aromatic ring is 1. The summed E-state index contributed by atoms with van der Waals surface area (Å²) in [7, 11) is -2.28. The molecule has 0 aliphatic rings. The Morgan fingerprint density at radius 3 is 2.63 bits per heavy atom. The van der Waals surface area contributed by atoms with E-state index >= 15 is 0 Å². The zero-order chi connectivity index (χ0) is 14.7. The molecule has 7 heteroatoms. The third-order valence-electron chi connectivity index (χ3n) is 2.92. The Morgan fingerprint density at radius 2 is 2.11 bits per heavy atom. The SMILES string of the molecule is CCC(C)(O)CNS(=O)(=O)c1ccc(N)c(OC)c1. The van der Waals surface area contributed by atoms with Crippen molar-refractivity contribution < 1.29 is 18.3 Å². The van der Waals surface area contributed by atoms with Crippen LogP contribution in [-0.2, 0) is 10.0 Å². The fraction of sp³-hybridized carbons (Fsp3) is 0.500. The first kappa shape index (κ1) is 15.7. The summed E-state index contributed by atoms with van der Waals surface area (Å²) >= 11 is 0. The van der Waals surface area contributed by atoms with Crippen LogP contribution in [-0.4, -0.2) is 32.8 Å². The summed E-state index contributed by atoms with van der Waals surface area (Å²) in [6.45, 7) is 3.29. The molecule has 1 aromatic carbocycles. The van der Waals surface area contributed by atoms with Gasteiger partial charge in [0.15, 0.2) is 0 Å². The summed E-state index contributed by atoms with van der Waals surface area (Å²) in [4.78, 5) is 0.0467. The minimum atomic E-state index is -3.70. The molecule has 1 unspecified atom stereocenters. The number of anilines is 1. The molecule has 19 heavy (non-hydrogen) atoms. The van der Waals surface area contributed by atoms with Gasteiger partial charge >= 0.3 is 0 Å². The lowest BCUT2D eigenvalue weighted by atomic mass is 10.1. The fourth-order valence-corrected chi connectivity index (χ4v) is 2.49. The fourth-order valence-electron chi connectivity index (χ4n) is 1.32. The molecule has 0 aliphatic heterocycles. The maximum absolute atomic E-state index is 12.1. The number of benzene rings is 1. The Morgan fingerprint density at radius 1 is 1.47 bits per heavy atom. The molecule has 0 aromatic heterocycles. The summed E-state index contributed by atoms with van der Waals surface area (Å²) in [6, 6.07) is 4.20. The van der Waals surface area contributed by atoms with E-state index in [0.29, 0.717) is 17.9 Å². The van der Waals surface area contributed by atoms with Crippen LogP contribution >= 0.6 is 0 Å². The smallest absolute Gasteiger partial charge is 0.240 e. The average Bonchev–Trinajstić information content (AvgIpc) is 2.37. The highest BCUT2D eigenvalue weighted by Gasteiger charge is 2.22. The molecule has 108 valence electrons. The molecule has 0 fully saturated rings. The second-order valence-corrected chi connectivity index (χ2v) is 6.35. The Hall–Kier alpha value is -1.31. The zero-order valence-electron chi connectivity index (χ0n) is 11.3. The number of aliphatic hydroxyl groups is 1. The van der Waals surface area contributed by atoms with Crippen molar-refractivity contribution in [2.24, 2.45) is 0 Å². The Bertz CT molecular complexity index is 541. The van der Waals surface area contributed by atoms with Crippen LogP contribution < -0.4 is 15.2 Å². The predicted octanol–water partition coefficient (Wildman–Crippen LogP) is 0.717. The van der Waals surface area contributed by atoms with Gasteiger partial charge in [-0.25, -0.2) is 13.1 Å². The van der Waals surface area contributed by atoms with Crippen molar-refractivity contribution in [1.82, 2.24) is 4.72 Å². The summed E-state index contributed by atoms with van der Waals surface area (Å²) in [5, 5.41) is 9.81. The molecule has 0 bridgehead atoms. The maximum Gasteiger partial charge on any atom is 0.240 e. The van der Waals surface area contributed by atoms with Gasteiger partial charge in [0.1, 0.15) is 5.75 Å². The number of sulfonamides is 1. The van der Waals surface area contributed by atoms with Gasteiger partial charge < -0.3 is 15.6 Å². The predicted molar refractivity (Wildman–Crippen MR) is 73.5 cm³/mol. The highest BCUT2D eigenvalue weighted by atomic mass is 32.2. The number of hydrogen-bond acceptors (Lipinski definition) is 5. The molecule has 1 atom stereocenters. The third-order valence-corrected chi connectivity index (χ3v) is 4.32. The van der Waals surface area contributed by atoms with E-state index in [1.54, 1.807) is 13.8 Å². The zero-order valence-corrected chi connectivity index (χ0v) is 12.1. The molecule has 4 N–H and O–H groups in total. The van der Waals surface area contributed by atoms with Gasteiger partial charge in [-0.15, -0.1) is 0 Å². The van der Waals surface area contributed by atoms with Crippen molar-refractivity contribution in [1.29, 1.82) is 0 Å². The quantitative estimate of drug-likeness (QED) is 0.669. The highest BCUT2D eigenvalue weighted by molar-refractivity contribution is 7.89. The van der Waals surface area contributed by atoms with Crippen molar-refractivity contribution in [3.63, 3.8) is 0 Å². The molecule has 0 amide bonds. The van der Waals surface area contributed by atoms with Gasteiger partial charge in [0, 0.05) is 12.6 Å². The number of methoxy groups -OCH3 is 1. The minimum absolute atomic E-state index is 0.0467. The van der Waals surface area contributed by atoms with E-state index in [-0.39, 0.29) is 11.4 Å². The molecule has 0 radical (unpaired) electrons. The highest BCUT2D eigenvalue weighted by Crippen LogP contribution is 2.24. The van der Waals surface area contributed by atoms with Gasteiger partial charge in [-0.3, -0.25) is 0 Å². The van der Waals surface area contributed by atoms with Crippen LogP contribution in [0.5, 0.6) is 5.75 Å².